The van der Waals surface area contributed by atoms with Gasteiger partial charge in [-0.2, -0.15) is 0 Å². The van der Waals surface area contributed by atoms with Crippen LogP contribution in [0.5, 0.6) is 0 Å². The lowest BCUT2D eigenvalue weighted by atomic mass is 10.0. The molecule has 1 amide bonds. The third kappa shape index (κ3) is 4.79. The maximum absolute atomic E-state index is 13.5. The van der Waals surface area contributed by atoms with Gasteiger partial charge >= 0.3 is 0 Å². The van der Waals surface area contributed by atoms with Crippen molar-refractivity contribution in [2.45, 2.75) is 39.3 Å². The SMILES string of the molecule is CCO[C@@H]1C[C@H]1CC(=O)c1cc(C(=O)NC)c(=O)n(Cc2ccc(F)c(C)c2)c1. The number of hydrogen-bond donors (Lipinski definition) is 1. The van der Waals surface area contributed by atoms with Gasteiger partial charge in [0.2, 0.25) is 0 Å². The highest BCUT2D eigenvalue weighted by molar-refractivity contribution is 6.00. The topological polar surface area (TPSA) is 77.4 Å². The number of aromatic nitrogens is 1. The zero-order chi connectivity index (χ0) is 21.1. The Kier molecular flexibility index (Phi) is 6.27. The van der Waals surface area contributed by atoms with E-state index >= 15 is 0 Å². The van der Waals surface area contributed by atoms with Gasteiger partial charge < -0.3 is 14.6 Å². The lowest BCUT2D eigenvalue weighted by Crippen LogP contribution is -2.32. The maximum atomic E-state index is 13.5. The average Bonchev–Trinajstić information content (AvgIpc) is 3.43. The maximum Gasteiger partial charge on any atom is 0.263 e. The van der Waals surface area contributed by atoms with Crippen molar-refractivity contribution < 1.29 is 18.7 Å². The first-order valence-electron chi connectivity index (χ1n) is 9.70. The fraction of sp³-hybridized carbons (Fsp3) is 0.409. The van der Waals surface area contributed by atoms with E-state index in [-0.39, 0.29) is 35.7 Å². The second kappa shape index (κ2) is 8.69. The van der Waals surface area contributed by atoms with Gasteiger partial charge in [-0.3, -0.25) is 14.4 Å². The number of nitrogens with zero attached hydrogens (tertiary/aromatic N) is 1. The van der Waals surface area contributed by atoms with Crippen molar-refractivity contribution in [1.82, 2.24) is 9.88 Å². The number of carbonyl (C=O) groups excluding carboxylic acids is 2. The van der Waals surface area contributed by atoms with E-state index in [0.29, 0.717) is 29.7 Å². The zero-order valence-corrected chi connectivity index (χ0v) is 16.8. The summed E-state index contributed by atoms with van der Waals surface area (Å²) in [5.74, 6) is -0.839. The van der Waals surface area contributed by atoms with Crippen LogP contribution >= 0.6 is 0 Å². The van der Waals surface area contributed by atoms with Crippen molar-refractivity contribution in [2.75, 3.05) is 13.7 Å². The predicted octanol–water partition coefficient (Wildman–Crippen LogP) is 2.70. The molecule has 0 unspecified atom stereocenters. The highest BCUT2D eigenvalue weighted by atomic mass is 19.1. The van der Waals surface area contributed by atoms with Gasteiger partial charge in [-0.1, -0.05) is 12.1 Å². The van der Waals surface area contributed by atoms with Crippen LogP contribution in [0.1, 0.15) is 51.6 Å². The number of rotatable bonds is 8. The highest BCUT2D eigenvalue weighted by Gasteiger charge is 2.39. The van der Waals surface area contributed by atoms with Crippen LogP contribution in [0.2, 0.25) is 0 Å². The Morgan fingerprint density at radius 2 is 2.07 bits per heavy atom. The Morgan fingerprint density at radius 3 is 2.72 bits per heavy atom. The number of amides is 1. The smallest absolute Gasteiger partial charge is 0.263 e. The number of benzene rings is 1. The third-order valence-corrected chi connectivity index (χ3v) is 5.14. The van der Waals surface area contributed by atoms with E-state index in [1.807, 2.05) is 6.92 Å². The van der Waals surface area contributed by atoms with E-state index in [9.17, 15) is 18.8 Å². The summed E-state index contributed by atoms with van der Waals surface area (Å²) < 4.78 is 20.4. The molecule has 29 heavy (non-hydrogen) atoms. The predicted molar refractivity (Wildman–Crippen MR) is 107 cm³/mol. The summed E-state index contributed by atoms with van der Waals surface area (Å²) in [7, 11) is 1.43. The van der Waals surface area contributed by atoms with Gasteiger partial charge in [0.05, 0.1) is 12.6 Å². The van der Waals surface area contributed by atoms with E-state index < -0.39 is 11.5 Å². The molecule has 2 atom stereocenters. The number of pyridine rings is 1. The molecule has 1 aromatic carbocycles. The zero-order valence-electron chi connectivity index (χ0n) is 16.8. The number of nitrogens with one attached hydrogen (secondary N) is 1. The molecule has 0 saturated heterocycles. The number of carbonyl (C=O) groups is 2. The lowest BCUT2D eigenvalue weighted by molar-refractivity contribution is 0.0931. The number of ketones is 1. The van der Waals surface area contributed by atoms with Gasteiger partial charge in [0, 0.05) is 31.8 Å². The molecular formula is C22H25FN2O4. The standard InChI is InChI=1S/C22H25FN2O4/c1-4-29-20-10-15(20)9-19(26)16-8-17(21(27)24-3)22(28)25(12-16)11-14-5-6-18(23)13(2)7-14/h5-8,12,15,20H,4,9-11H2,1-3H3,(H,24,27)/t15-,20-/m1/s1. The number of aryl methyl sites for hydroxylation is 1. The van der Waals surface area contributed by atoms with Gasteiger partial charge in [0.25, 0.3) is 11.5 Å². The number of hydrogen-bond acceptors (Lipinski definition) is 4. The minimum Gasteiger partial charge on any atom is -0.378 e. The minimum absolute atomic E-state index is 0.0886. The summed E-state index contributed by atoms with van der Waals surface area (Å²) in [4.78, 5) is 37.7. The van der Waals surface area contributed by atoms with Crippen molar-refractivity contribution in [2.24, 2.45) is 5.92 Å². The summed E-state index contributed by atoms with van der Waals surface area (Å²) in [6.07, 6.45) is 2.74. The Bertz CT molecular complexity index is 999. The molecule has 0 spiro atoms. The minimum atomic E-state index is -0.549. The monoisotopic (exact) mass is 400 g/mol. The molecule has 154 valence electrons. The van der Waals surface area contributed by atoms with Crippen LogP contribution in [0.4, 0.5) is 4.39 Å². The van der Waals surface area contributed by atoms with Crippen LogP contribution < -0.4 is 10.9 Å². The van der Waals surface area contributed by atoms with E-state index in [0.717, 1.165) is 6.42 Å². The molecule has 1 saturated carbocycles. The van der Waals surface area contributed by atoms with Crippen molar-refractivity contribution in [3.8, 4) is 0 Å². The van der Waals surface area contributed by atoms with Crippen molar-refractivity contribution in [3.63, 3.8) is 0 Å². The lowest BCUT2D eigenvalue weighted by Gasteiger charge is -2.12. The van der Waals surface area contributed by atoms with E-state index in [1.165, 1.54) is 29.9 Å². The molecule has 1 aliphatic rings. The molecule has 0 radical (unpaired) electrons. The van der Waals surface area contributed by atoms with E-state index in [2.05, 4.69) is 5.32 Å². The summed E-state index contributed by atoms with van der Waals surface area (Å²) in [5.41, 5.74) is 0.891. The summed E-state index contributed by atoms with van der Waals surface area (Å²) in [6.45, 7) is 4.30. The molecule has 3 rings (SSSR count). The third-order valence-electron chi connectivity index (χ3n) is 5.14. The second-order valence-corrected chi connectivity index (χ2v) is 7.36. The van der Waals surface area contributed by atoms with Gasteiger partial charge in [-0.15, -0.1) is 0 Å². The molecule has 0 bridgehead atoms. The summed E-state index contributed by atoms with van der Waals surface area (Å²) >= 11 is 0. The molecule has 1 aliphatic carbocycles. The quantitative estimate of drug-likeness (QED) is 0.691. The fourth-order valence-corrected chi connectivity index (χ4v) is 3.41. The molecule has 2 aromatic rings. The summed E-state index contributed by atoms with van der Waals surface area (Å²) in [5, 5.41) is 2.44. The van der Waals surface area contributed by atoms with Gasteiger partial charge in [-0.25, -0.2) is 4.39 Å². The normalized spacial score (nSPS) is 17.8. The van der Waals surface area contributed by atoms with Crippen LogP contribution in [0.15, 0.2) is 35.3 Å². The van der Waals surface area contributed by atoms with Crippen LogP contribution in [0.25, 0.3) is 0 Å². The number of ether oxygens (including phenoxy) is 1. The second-order valence-electron chi connectivity index (χ2n) is 7.36. The average molecular weight is 400 g/mol. The van der Waals surface area contributed by atoms with Gasteiger partial charge in [0.1, 0.15) is 11.4 Å². The Balaban J connectivity index is 1.91. The highest BCUT2D eigenvalue weighted by Crippen LogP contribution is 2.37. The first kappa shape index (κ1) is 20.9. The Hall–Kier alpha value is -2.80. The van der Waals surface area contributed by atoms with Gasteiger partial charge in [0.15, 0.2) is 5.78 Å². The molecular weight excluding hydrogens is 375 g/mol. The first-order chi connectivity index (χ1) is 13.8. The van der Waals surface area contributed by atoms with Crippen molar-refractivity contribution in [3.05, 3.63) is 68.9 Å². The molecule has 1 aromatic heterocycles. The van der Waals surface area contributed by atoms with Gasteiger partial charge in [-0.05, 0) is 49.4 Å². The van der Waals surface area contributed by atoms with Crippen molar-refractivity contribution in [1.29, 1.82) is 0 Å². The van der Waals surface area contributed by atoms with E-state index in [4.69, 9.17) is 4.74 Å². The van der Waals surface area contributed by atoms with E-state index in [1.54, 1.807) is 19.1 Å². The number of halogens is 1. The molecule has 0 aliphatic heterocycles. The molecule has 1 N–H and O–H groups in total. The first-order valence-corrected chi connectivity index (χ1v) is 9.70. The molecule has 7 heteroatoms. The largest absolute Gasteiger partial charge is 0.378 e. The Morgan fingerprint density at radius 1 is 1.31 bits per heavy atom. The molecule has 1 fully saturated rings. The summed E-state index contributed by atoms with van der Waals surface area (Å²) in [6, 6.07) is 5.92. The molecule has 6 nitrogen and oxygen atoms in total. The Labute approximate surface area is 168 Å². The van der Waals surface area contributed by atoms with Crippen LogP contribution in [-0.4, -0.2) is 36.0 Å². The fourth-order valence-electron chi connectivity index (χ4n) is 3.41. The molecule has 1 heterocycles. The van der Waals surface area contributed by atoms with Crippen molar-refractivity contribution >= 4 is 11.7 Å². The van der Waals surface area contributed by atoms with Crippen LogP contribution in [0, 0.1) is 18.7 Å². The van der Waals surface area contributed by atoms with Crippen LogP contribution in [-0.2, 0) is 11.3 Å². The van der Waals surface area contributed by atoms with Crippen LogP contribution in [0.3, 0.4) is 0 Å². The number of Topliss-reactive ketones (excluding diaryl/α,β-unsaturated/α-hetero) is 1.